The Morgan fingerprint density at radius 3 is 2.27 bits per heavy atom. The lowest BCUT2D eigenvalue weighted by Gasteiger charge is -2.41. The monoisotopic (exact) mass is 508 g/mol. The molecule has 9 nitrogen and oxygen atoms in total. The van der Waals surface area contributed by atoms with Gasteiger partial charge >= 0.3 is 12.0 Å². The lowest BCUT2D eigenvalue weighted by Crippen LogP contribution is -2.60. The van der Waals surface area contributed by atoms with E-state index in [2.05, 4.69) is 10.6 Å². The maximum atomic E-state index is 13.4. The summed E-state index contributed by atoms with van der Waals surface area (Å²) in [6, 6.07) is 14.6. The maximum Gasteiger partial charge on any atom is 0.338 e. The minimum Gasteiger partial charge on any atom is -0.462 e. The van der Waals surface area contributed by atoms with Crippen LogP contribution in [-0.2, 0) is 20.7 Å². The highest BCUT2D eigenvalue weighted by atomic mass is 16.5. The van der Waals surface area contributed by atoms with E-state index in [1.165, 1.54) is 0 Å². The molecule has 37 heavy (non-hydrogen) atoms. The highest BCUT2D eigenvalue weighted by Gasteiger charge is 2.34. The third-order valence-electron chi connectivity index (χ3n) is 6.33. The number of ether oxygens (including phenoxy) is 1. The Labute approximate surface area is 218 Å². The van der Waals surface area contributed by atoms with Gasteiger partial charge in [0.1, 0.15) is 6.04 Å². The number of carbonyl (C=O) groups excluding carboxylic acids is 4. The fourth-order valence-corrected chi connectivity index (χ4v) is 4.32. The standard InChI is InChI=1S/C28H36N4O5/c1-5-37-27(35)22-11-13-23(14-12-22)29-28(36)30-25(19(2)3)26(34)31-15-16-32(20(4)18-31)24(33)17-21-9-7-6-8-10-21/h6-14,19-20,25H,5,15-18H2,1-4H3,(H2,29,30,36). The number of nitrogens with one attached hydrogen (secondary N) is 2. The molecule has 0 saturated carbocycles. The molecule has 198 valence electrons. The number of piperazine rings is 1. The molecule has 0 spiro atoms. The number of hydrogen-bond acceptors (Lipinski definition) is 5. The van der Waals surface area contributed by atoms with E-state index in [9.17, 15) is 19.2 Å². The Morgan fingerprint density at radius 1 is 1.00 bits per heavy atom. The molecular formula is C28H36N4O5. The number of nitrogens with zero attached hydrogens (tertiary/aromatic N) is 2. The van der Waals surface area contributed by atoms with Crippen LogP contribution in [0.5, 0.6) is 0 Å². The Bertz CT molecular complexity index is 1090. The van der Waals surface area contributed by atoms with Crippen molar-refractivity contribution in [2.75, 3.05) is 31.6 Å². The zero-order valence-electron chi connectivity index (χ0n) is 21.9. The summed E-state index contributed by atoms with van der Waals surface area (Å²) in [6.07, 6.45) is 0.330. The van der Waals surface area contributed by atoms with Gasteiger partial charge in [0.25, 0.3) is 0 Å². The number of anilines is 1. The minimum absolute atomic E-state index is 0.0395. The van der Waals surface area contributed by atoms with E-state index in [-0.39, 0.29) is 30.4 Å². The van der Waals surface area contributed by atoms with Crippen molar-refractivity contribution in [2.45, 2.75) is 46.2 Å². The molecule has 0 bridgehead atoms. The average molecular weight is 509 g/mol. The van der Waals surface area contributed by atoms with E-state index in [1.54, 1.807) is 36.1 Å². The second-order valence-electron chi connectivity index (χ2n) is 9.50. The molecule has 1 aliphatic rings. The van der Waals surface area contributed by atoms with Crippen LogP contribution in [0.2, 0.25) is 0 Å². The number of esters is 1. The third kappa shape index (κ3) is 7.55. The van der Waals surface area contributed by atoms with Crippen LogP contribution in [0.15, 0.2) is 54.6 Å². The molecule has 1 aliphatic heterocycles. The van der Waals surface area contributed by atoms with Gasteiger partial charge < -0.3 is 25.2 Å². The average Bonchev–Trinajstić information content (AvgIpc) is 2.87. The van der Waals surface area contributed by atoms with Gasteiger partial charge in [0, 0.05) is 31.4 Å². The third-order valence-corrected chi connectivity index (χ3v) is 6.33. The molecule has 3 rings (SSSR count). The summed E-state index contributed by atoms with van der Waals surface area (Å²) in [5.74, 6) is -0.708. The highest BCUT2D eigenvalue weighted by molar-refractivity contribution is 5.95. The van der Waals surface area contributed by atoms with E-state index in [0.29, 0.717) is 37.3 Å². The summed E-state index contributed by atoms with van der Waals surface area (Å²) in [5, 5.41) is 5.50. The first-order valence-electron chi connectivity index (χ1n) is 12.7. The van der Waals surface area contributed by atoms with E-state index < -0.39 is 18.0 Å². The molecule has 0 aromatic heterocycles. The van der Waals surface area contributed by atoms with Crippen molar-refractivity contribution in [1.29, 1.82) is 0 Å². The molecule has 0 radical (unpaired) electrons. The second-order valence-corrected chi connectivity index (χ2v) is 9.50. The number of benzene rings is 2. The van der Waals surface area contributed by atoms with Gasteiger partial charge in [-0.15, -0.1) is 0 Å². The van der Waals surface area contributed by atoms with Crippen LogP contribution in [0, 0.1) is 5.92 Å². The molecule has 1 heterocycles. The predicted molar refractivity (Wildman–Crippen MR) is 141 cm³/mol. The van der Waals surface area contributed by atoms with Crippen molar-refractivity contribution < 1.29 is 23.9 Å². The summed E-state index contributed by atoms with van der Waals surface area (Å²) in [4.78, 5) is 54.2. The summed E-state index contributed by atoms with van der Waals surface area (Å²) in [5.41, 5.74) is 1.84. The first-order valence-corrected chi connectivity index (χ1v) is 12.7. The van der Waals surface area contributed by atoms with E-state index in [1.807, 2.05) is 56.0 Å². The number of rotatable bonds is 8. The smallest absolute Gasteiger partial charge is 0.338 e. The van der Waals surface area contributed by atoms with Crippen LogP contribution >= 0.6 is 0 Å². The second kappa shape index (κ2) is 12.9. The van der Waals surface area contributed by atoms with Crippen LogP contribution < -0.4 is 10.6 Å². The molecule has 2 unspecified atom stereocenters. The molecule has 0 aliphatic carbocycles. The predicted octanol–water partition coefficient (Wildman–Crippen LogP) is 3.31. The van der Waals surface area contributed by atoms with Crippen LogP contribution in [0.4, 0.5) is 10.5 Å². The molecular weight excluding hydrogens is 472 g/mol. The van der Waals surface area contributed by atoms with Gasteiger partial charge in [-0.05, 0) is 49.6 Å². The number of urea groups is 1. The molecule has 1 fully saturated rings. The summed E-state index contributed by atoms with van der Waals surface area (Å²) < 4.78 is 4.96. The summed E-state index contributed by atoms with van der Waals surface area (Å²) in [7, 11) is 0. The van der Waals surface area contributed by atoms with Crippen molar-refractivity contribution in [3.63, 3.8) is 0 Å². The first-order chi connectivity index (χ1) is 17.7. The molecule has 2 aromatic carbocycles. The van der Waals surface area contributed by atoms with Crippen LogP contribution in [0.3, 0.4) is 0 Å². The quantitative estimate of drug-likeness (QED) is 0.532. The Morgan fingerprint density at radius 2 is 1.68 bits per heavy atom. The maximum absolute atomic E-state index is 13.4. The van der Waals surface area contributed by atoms with Gasteiger partial charge in [-0.1, -0.05) is 44.2 Å². The van der Waals surface area contributed by atoms with Crippen molar-refractivity contribution in [3.8, 4) is 0 Å². The topological polar surface area (TPSA) is 108 Å². The number of amides is 4. The normalized spacial score (nSPS) is 16.2. The van der Waals surface area contributed by atoms with Crippen molar-refractivity contribution >= 4 is 29.5 Å². The van der Waals surface area contributed by atoms with Crippen LogP contribution in [0.25, 0.3) is 0 Å². The summed E-state index contributed by atoms with van der Waals surface area (Å²) in [6.45, 7) is 8.96. The first kappa shape index (κ1) is 27.7. The van der Waals surface area contributed by atoms with Gasteiger partial charge in [-0.3, -0.25) is 9.59 Å². The van der Waals surface area contributed by atoms with Gasteiger partial charge in [-0.25, -0.2) is 9.59 Å². The number of hydrogen-bond donors (Lipinski definition) is 2. The van der Waals surface area contributed by atoms with E-state index in [4.69, 9.17) is 4.74 Å². The van der Waals surface area contributed by atoms with Gasteiger partial charge in [-0.2, -0.15) is 0 Å². The zero-order valence-corrected chi connectivity index (χ0v) is 21.9. The largest absolute Gasteiger partial charge is 0.462 e. The Balaban J connectivity index is 1.56. The molecule has 2 aromatic rings. The number of carbonyl (C=O) groups is 4. The van der Waals surface area contributed by atoms with E-state index in [0.717, 1.165) is 5.56 Å². The molecule has 2 atom stereocenters. The Hall–Kier alpha value is -3.88. The van der Waals surface area contributed by atoms with Gasteiger partial charge in [0.15, 0.2) is 0 Å². The minimum atomic E-state index is -0.724. The van der Waals surface area contributed by atoms with Gasteiger partial charge in [0.2, 0.25) is 11.8 Å². The van der Waals surface area contributed by atoms with Gasteiger partial charge in [0.05, 0.1) is 18.6 Å². The van der Waals surface area contributed by atoms with E-state index >= 15 is 0 Å². The lowest BCUT2D eigenvalue weighted by molar-refractivity contribution is -0.143. The van der Waals surface area contributed by atoms with Crippen molar-refractivity contribution in [2.24, 2.45) is 5.92 Å². The van der Waals surface area contributed by atoms with Crippen molar-refractivity contribution in [1.82, 2.24) is 15.1 Å². The Kier molecular flexibility index (Phi) is 9.65. The van der Waals surface area contributed by atoms with Crippen LogP contribution in [0.1, 0.15) is 43.6 Å². The molecule has 4 amide bonds. The van der Waals surface area contributed by atoms with Crippen molar-refractivity contribution in [3.05, 3.63) is 65.7 Å². The lowest BCUT2D eigenvalue weighted by atomic mass is 10.0. The zero-order chi connectivity index (χ0) is 26.9. The summed E-state index contributed by atoms with van der Waals surface area (Å²) >= 11 is 0. The fourth-order valence-electron chi connectivity index (χ4n) is 4.32. The van der Waals surface area contributed by atoms with Crippen LogP contribution in [-0.4, -0.2) is 71.9 Å². The molecule has 9 heteroatoms. The SMILES string of the molecule is CCOC(=O)c1ccc(NC(=O)NC(C(=O)N2CCN(C(=O)Cc3ccccc3)C(C)C2)C(C)C)cc1. The molecule has 2 N–H and O–H groups in total. The highest BCUT2D eigenvalue weighted by Crippen LogP contribution is 2.16. The molecule has 1 saturated heterocycles. The fraction of sp³-hybridized carbons (Fsp3) is 0.429.